The average Bonchev–Trinajstić information content (AvgIpc) is 3.20. The van der Waals surface area contributed by atoms with Crippen LogP contribution in [0.5, 0.6) is 0 Å². The van der Waals surface area contributed by atoms with E-state index in [1.54, 1.807) is 0 Å². The molecule has 0 aromatic heterocycles. The number of carbonyl (C=O) groups excluding carboxylic acids is 2. The second kappa shape index (κ2) is 6.07. The van der Waals surface area contributed by atoms with Crippen molar-refractivity contribution >= 4 is 18.6 Å². The van der Waals surface area contributed by atoms with Crippen molar-refractivity contribution in [2.24, 2.45) is 5.92 Å². The quantitative estimate of drug-likeness (QED) is 0.589. The molecule has 0 unspecified atom stereocenters. The van der Waals surface area contributed by atoms with Gasteiger partial charge in [-0.25, -0.2) is 0 Å². The lowest BCUT2D eigenvalue weighted by atomic mass is 9.52. The molecule has 0 N–H and O–H groups in total. The second-order valence-electron chi connectivity index (χ2n) is 9.30. The Bertz CT molecular complexity index is 788. The zero-order chi connectivity index (χ0) is 19.6. The third-order valence-electron chi connectivity index (χ3n) is 7.91. The van der Waals surface area contributed by atoms with Gasteiger partial charge in [0.2, 0.25) is 0 Å². The second-order valence-corrected chi connectivity index (χ2v) is 9.30. The lowest BCUT2D eigenvalue weighted by Crippen LogP contribution is -2.74. The highest BCUT2D eigenvalue weighted by atomic mass is 16.7. The summed E-state index contributed by atoms with van der Waals surface area (Å²) in [5.74, 6) is -0.0890. The first-order valence-corrected chi connectivity index (χ1v) is 10.6. The van der Waals surface area contributed by atoms with Crippen LogP contribution in [-0.2, 0) is 23.6 Å². The Morgan fingerprint density at radius 1 is 1.04 bits per heavy atom. The summed E-state index contributed by atoms with van der Waals surface area (Å²) in [6.45, 7) is 2.26. The van der Waals surface area contributed by atoms with Crippen molar-refractivity contribution in [1.29, 1.82) is 0 Å². The van der Waals surface area contributed by atoms with Gasteiger partial charge in [-0.3, -0.25) is 9.59 Å². The minimum absolute atomic E-state index is 0.121. The van der Waals surface area contributed by atoms with Crippen LogP contribution < -0.4 is 0 Å². The van der Waals surface area contributed by atoms with Crippen molar-refractivity contribution in [2.45, 2.75) is 63.6 Å². The molecule has 1 saturated carbocycles. The molecular weight excluding hydrogens is 357 g/mol. The van der Waals surface area contributed by atoms with Crippen molar-refractivity contribution in [3.63, 3.8) is 0 Å². The maximum Gasteiger partial charge on any atom is 0.618 e. The number of fused-ring (bicyclic) bond motifs is 1. The number of hydrogen-bond donors (Lipinski definition) is 0. The van der Waals surface area contributed by atoms with Gasteiger partial charge in [-0.1, -0.05) is 56.5 Å². The maximum atomic E-state index is 12.6. The third kappa shape index (κ3) is 2.29. The zero-order valence-electron chi connectivity index (χ0n) is 16.6. The molecule has 4 fully saturated rings. The summed E-state index contributed by atoms with van der Waals surface area (Å²) in [4.78, 5) is 25.2. The molecule has 3 atom stereocenters. The van der Waals surface area contributed by atoms with Gasteiger partial charge in [0.15, 0.2) is 0 Å². The molecule has 4 aliphatic rings. The van der Waals surface area contributed by atoms with Crippen molar-refractivity contribution < 1.29 is 28.0 Å². The number of ether oxygens (including phenoxy) is 1. The minimum Gasteiger partial charge on any atom is -0.598 e. The van der Waals surface area contributed by atoms with Crippen molar-refractivity contribution in [1.82, 2.24) is 0 Å². The van der Waals surface area contributed by atoms with Crippen LogP contribution in [0, 0.1) is 5.92 Å². The van der Waals surface area contributed by atoms with Gasteiger partial charge in [-0.2, -0.15) is 0 Å². The number of quaternary nitrogens is 1. The summed E-state index contributed by atoms with van der Waals surface area (Å²) in [5, 5.41) is 0. The molecule has 7 heteroatoms. The Kier molecular flexibility index (Phi) is 3.94. The Labute approximate surface area is 165 Å². The molecule has 3 saturated heterocycles. The lowest BCUT2D eigenvalue weighted by molar-refractivity contribution is -0.847. The van der Waals surface area contributed by atoms with Crippen LogP contribution in [0.15, 0.2) is 30.3 Å². The first-order chi connectivity index (χ1) is 13.4. The highest BCUT2D eigenvalue weighted by Gasteiger charge is 2.84. The number of epoxide rings is 1. The van der Waals surface area contributed by atoms with E-state index in [4.69, 9.17) is 14.0 Å². The summed E-state index contributed by atoms with van der Waals surface area (Å²) in [5.41, 5.74) is 0.207. The Morgan fingerprint density at radius 3 is 2.25 bits per heavy atom. The first-order valence-electron chi connectivity index (χ1n) is 10.6. The van der Waals surface area contributed by atoms with E-state index in [0.29, 0.717) is 5.92 Å². The van der Waals surface area contributed by atoms with Gasteiger partial charge in [0, 0.05) is 5.92 Å². The van der Waals surface area contributed by atoms with Crippen LogP contribution in [0.3, 0.4) is 0 Å². The SMILES string of the molecule is C[C@@H](C1CCCCC1)[N+]12CC(=O)O[B-]1([C@]1(C)O[C@H]1c1ccccc1)OC(=O)C2. The van der Waals surface area contributed by atoms with Crippen LogP contribution in [0.4, 0.5) is 0 Å². The Morgan fingerprint density at radius 2 is 1.64 bits per heavy atom. The molecule has 150 valence electrons. The fourth-order valence-corrected chi connectivity index (χ4v) is 6.34. The van der Waals surface area contributed by atoms with E-state index in [1.807, 2.05) is 37.3 Å². The van der Waals surface area contributed by atoms with Crippen molar-refractivity contribution in [3.8, 4) is 0 Å². The maximum absolute atomic E-state index is 12.6. The molecule has 1 aromatic rings. The highest BCUT2D eigenvalue weighted by Crippen LogP contribution is 2.61. The average molecular weight is 385 g/mol. The molecule has 0 spiro atoms. The van der Waals surface area contributed by atoms with Gasteiger partial charge in [0.25, 0.3) is 0 Å². The topological polar surface area (TPSA) is 65.1 Å². The van der Waals surface area contributed by atoms with E-state index in [0.717, 1.165) is 18.4 Å². The van der Waals surface area contributed by atoms with Crippen LogP contribution in [0.2, 0.25) is 0 Å². The first kappa shape index (κ1) is 18.2. The van der Waals surface area contributed by atoms with Gasteiger partial charge in [-0.05, 0) is 25.3 Å². The monoisotopic (exact) mass is 385 g/mol. The fourth-order valence-electron chi connectivity index (χ4n) is 6.34. The zero-order valence-corrected chi connectivity index (χ0v) is 16.6. The lowest BCUT2D eigenvalue weighted by Gasteiger charge is -2.52. The largest absolute Gasteiger partial charge is 0.618 e. The third-order valence-corrected chi connectivity index (χ3v) is 7.91. The number of rotatable bonds is 4. The van der Waals surface area contributed by atoms with Crippen LogP contribution >= 0.6 is 0 Å². The van der Waals surface area contributed by atoms with E-state index in [-0.39, 0.29) is 41.6 Å². The smallest absolute Gasteiger partial charge is 0.598 e. The molecular formula is C21H28BNO5. The summed E-state index contributed by atoms with van der Waals surface area (Å²) in [6.07, 6.45) is 5.71. The molecule has 28 heavy (non-hydrogen) atoms. The summed E-state index contributed by atoms with van der Waals surface area (Å²) in [6, 6.07) is 10.0. The van der Waals surface area contributed by atoms with Crippen LogP contribution in [0.25, 0.3) is 0 Å². The van der Waals surface area contributed by atoms with E-state index < -0.39 is 12.2 Å². The van der Waals surface area contributed by atoms with Crippen molar-refractivity contribution in [3.05, 3.63) is 35.9 Å². The summed E-state index contributed by atoms with van der Waals surface area (Å²) in [7, 11) is 0. The molecule has 0 radical (unpaired) electrons. The predicted molar refractivity (Wildman–Crippen MR) is 103 cm³/mol. The Hall–Kier alpha value is -1.86. The Balaban J connectivity index is 1.56. The van der Waals surface area contributed by atoms with Gasteiger partial charge >= 0.3 is 18.6 Å². The highest BCUT2D eigenvalue weighted by molar-refractivity contribution is 6.70. The van der Waals surface area contributed by atoms with Gasteiger partial charge in [0.1, 0.15) is 18.6 Å². The minimum atomic E-state index is -2.27. The molecule has 0 bridgehead atoms. The predicted octanol–water partition coefficient (Wildman–Crippen LogP) is 2.89. The molecule has 3 heterocycles. The van der Waals surface area contributed by atoms with Crippen LogP contribution in [0.1, 0.15) is 57.6 Å². The normalized spacial score (nSPS) is 41.3. The fraction of sp³-hybridized carbons (Fsp3) is 0.619. The van der Waals surface area contributed by atoms with Gasteiger partial charge < -0.3 is 18.4 Å². The van der Waals surface area contributed by atoms with Crippen molar-refractivity contribution in [2.75, 3.05) is 13.1 Å². The molecule has 3 aliphatic heterocycles. The molecule has 5 rings (SSSR count). The molecule has 1 aliphatic carbocycles. The number of nitrogens with zero attached hydrogens (tertiary/aromatic N) is 1. The van der Waals surface area contributed by atoms with Gasteiger partial charge in [-0.15, -0.1) is 0 Å². The molecule has 1 aromatic carbocycles. The summed E-state index contributed by atoms with van der Waals surface area (Å²) >= 11 is 0. The van der Waals surface area contributed by atoms with Gasteiger partial charge in [0.05, 0.1) is 12.1 Å². The van der Waals surface area contributed by atoms with E-state index in [1.165, 1.54) is 19.3 Å². The van der Waals surface area contributed by atoms with E-state index >= 15 is 0 Å². The van der Waals surface area contributed by atoms with Crippen LogP contribution in [-0.4, -0.2) is 47.7 Å². The van der Waals surface area contributed by atoms with E-state index in [9.17, 15) is 9.59 Å². The molecule has 0 amide bonds. The standard InChI is InChI=1S/C21H28BNO5/c1-15(16-9-5-3-6-10-16)23-13-18(24)27-22(23,28-19(25)14-23)21(2)20(26-21)17-11-7-4-8-12-17/h4,7-8,11-12,15-16,20H,3,5-6,9-10,13-14H2,1-2H3/t15-,20-,21+,22?,23?/m0/s1. The number of hydrogen-bond acceptors (Lipinski definition) is 5. The summed E-state index contributed by atoms with van der Waals surface area (Å²) < 4.78 is 18.4. The number of carbonyl (C=O) groups is 2. The molecule has 6 nitrogen and oxygen atoms in total. The number of benzene rings is 1. The van der Waals surface area contributed by atoms with E-state index in [2.05, 4.69) is 6.92 Å².